The lowest BCUT2D eigenvalue weighted by atomic mass is 10.2. The van der Waals surface area contributed by atoms with Gasteiger partial charge in [0.05, 0.1) is 18.2 Å². The average molecular weight is 306 g/mol. The van der Waals surface area contributed by atoms with Gasteiger partial charge in [-0.2, -0.15) is 5.10 Å². The molecule has 1 atom stereocenters. The van der Waals surface area contributed by atoms with Crippen LogP contribution in [0.1, 0.15) is 28.9 Å². The van der Waals surface area contributed by atoms with Crippen LogP contribution in [0.5, 0.6) is 0 Å². The number of rotatable bonds is 3. The highest BCUT2D eigenvalue weighted by molar-refractivity contribution is 7.15. The summed E-state index contributed by atoms with van der Waals surface area (Å²) in [6.07, 6.45) is 1.21. The van der Waals surface area contributed by atoms with E-state index in [1.165, 1.54) is 11.3 Å². The molecule has 1 aliphatic heterocycles. The van der Waals surface area contributed by atoms with Crippen LogP contribution in [0.2, 0.25) is 0 Å². The Morgan fingerprint density at radius 1 is 1.48 bits per heavy atom. The molecule has 0 spiro atoms. The second kappa shape index (κ2) is 5.44. The maximum absolute atomic E-state index is 12.3. The minimum absolute atomic E-state index is 0.0789. The topological polar surface area (TPSA) is 89.9 Å². The van der Waals surface area contributed by atoms with E-state index in [1.807, 2.05) is 16.5 Å². The number of aryl methyl sites for hydroxylation is 2. The summed E-state index contributed by atoms with van der Waals surface area (Å²) in [7, 11) is 0. The number of hydrogen-bond acceptors (Lipinski definition) is 6. The van der Waals surface area contributed by atoms with Crippen molar-refractivity contribution in [3.63, 3.8) is 0 Å². The van der Waals surface area contributed by atoms with Gasteiger partial charge in [0.15, 0.2) is 0 Å². The first-order valence-electron chi connectivity index (χ1n) is 6.91. The molecule has 1 aliphatic rings. The molecule has 21 heavy (non-hydrogen) atoms. The minimum atomic E-state index is 0.0789. The number of nitrogens with zero attached hydrogens (tertiary/aromatic N) is 5. The van der Waals surface area contributed by atoms with Crippen LogP contribution < -0.4 is 5.73 Å². The normalized spacial score (nSPS) is 18.4. The highest BCUT2D eigenvalue weighted by Crippen LogP contribution is 2.24. The summed E-state index contributed by atoms with van der Waals surface area (Å²) in [5.74, 6) is 0.0789. The number of likely N-dealkylation sites (tertiary alicyclic amines) is 1. The minimum Gasteiger partial charge on any atom is -0.374 e. The summed E-state index contributed by atoms with van der Waals surface area (Å²) in [5, 5.41) is 13.2. The highest BCUT2D eigenvalue weighted by Gasteiger charge is 2.29. The van der Waals surface area contributed by atoms with E-state index >= 15 is 0 Å². The van der Waals surface area contributed by atoms with Crippen molar-refractivity contribution in [3.05, 3.63) is 22.5 Å². The zero-order chi connectivity index (χ0) is 15.0. The van der Waals surface area contributed by atoms with E-state index in [0.717, 1.165) is 24.4 Å². The Hall–Kier alpha value is -1.96. The largest absolute Gasteiger partial charge is 0.374 e. The number of carbonyl (C=O) groups excluding carboxylic acids is 1. The van der Waals surface area contributed by atoms with Crippen LogP contribution in [0, 0.1) is 13.8 Å². The Morgan fingerprint density at radius 3 is 2.90 bits per heavy atom. The summed E-state index contributed by atoms with van der Waals surface area (Å²) in [5.41, 5.74) is 7.69. The van der Waals surface area contributed by atoms with E-state index in [4.69, 9.17) is 5.73 Å². The molecular formula is C13H18N6OS. The van der Waals surface area contributed by atoms with Gasteiger partial charge >= 0.3 is 0 Å². The van der Waals surface area contributed by atoms with Crippen molar-refractivity contribution in [1.29, 1.82) is 0 Å². The molecule has 0 aliphatic carbocycles. The fourth-order valence-corrected chi connectivity index (χ4v) is 3.36. The van der Waals surface area contributed by atoms with Crippen molar-refractivity contribution in [3.8, 4) is 0 Å². The Labute approximate surface area is 126 Å². The fourth-order valence-electron chi connectivity index (χ4n) is 2.76. The van der Waals surface area contributed by atoms with Gasteiger partial charge in [-0.05, 0) is 26.3 Å². The predicted molar refractivity (Wildman–Crippen MR) is 80.0 cm³/mol. The van der Waals surface area contributed by atoms with E-state index in [0.29, 0.717) is 16.7 Å². The van der Waals surface area contributed by atoms with Crippen LogP contribution in [0.25, 0.3) is 0 Å². The molecular weight excluding hydrogens is 288 g/mol. The molecule has 2 aromatic heterocycles. The highest BCUT2D eigenvalue weighted by atomic mass is 32.1. The molecule has 112 valence electrons. The molecule has 0 bridgehead atoms. The molecule has 0 saturated carbocycles. The van der Waals surface area contributed by atoms with Gasteiger partial charge in [-0.25, -0.2) is 0 Å². The Morgan fingerprint density at radius 2 is 2.29 bits per heavy atom. The van der Waals surface area contributed by atoms with E-state index in [9.17, 15) is 4.79 Å². The number of nitrogen functional groups attached to an aromatic ring is 1. The second-order valence-corrected chi connectivity index (χ2v) is 6.46. The first-order valence-corrected chi connectivity index (χ1v) is 7.73. The van der Waals surface area contributed by atoms with Crippen molar-refractivity contribution in [2.24, 2.45) is 0 Å². The zero-order valence-electron chi connectivity index (χ0n) is 12.1. The monoisotopic (exact) mass is 306 g/mol. The lowest BCUT2D eigenvalue weighted by Gasteiger charge is -2.16. The van der Waals surface area contributed by atoms with E-state index in [2.05, 4.69) is 28.3 Å². The maximum Gasteiger partial charge on any atom is 0.229 e. The molecule has 3 heterocycles. The van der Waals surface area contributed by atoms with Gasteiger partial charge in [0.25, 0.3) is 0 Å². The predicted octanol–water partition coefficient (Wildman–Crippen LogP) is 0.950. The van der Waals surface area contributed by atoms with Gasteiger partial charge in [0, 0.05) is 18.8 Å². The molecule has 1 saturated heterocycles. The van der Waals surface area contributed by atoms with Crippen molar-refractivity contribution >= 4 is 22.4 Å². The van der Waals surface area contributed by atoms with Crippen LogP contribution in [-0.4, -0.2) is 43.9 Å². The summed E-state index contributed by atoms with van der Waals surface area (Å²) >= 11 is 1.27. The van der Waals surface area contributed by atoms with Gasteiger partial charge in [0.1, 0.15) is 5.01 Å². The first kappa shape index (κ1) is 14.0. The van der Waals surface area contributed by atoms with Gasteiger partial charge in [0.2, 0.25) is 11.0 Å². The lowest BCUT2D eigenvalue weighted by molar-refractivity contribution is -0.129. The smallest absolute Gasteiger partial charge is 0.229 e. The van der Waals surface area contributed by atoms with E-state index in [-0.39, 0.29) is 18.4 Å². The summed E-state index contributed by atoms with van der Waals surface area (Å²) in [6, 6.07) is 2.33. The van der Waals surface area contributed by atoms with Crippen LogP contribution >= 0.6 is 11.3 Å². The van der Waals surface area contributed by atoms with Crippen molar-refractivity contribution in [2.45, 2.75) is 32.7 Å². The molecule has 2 aromatic rings. The Kier molecular flexibility index (Phi) is 3.62. The molecule has 1 fully saturated rings. The van der Waals surface area contributed by atoms with Crippen LogP contribution in [-0.2, 0) is 11.2 Å². The molecule has 0 unspecified atom stereocenters. The van der Waals surface area contributed by atoms with Gasteiger partial charge < -0.3 is 10.6 Å². The summed E-state index contributed by atoms with van der Waals surface area (Å²) in [4.78, 5) is 14.2. The average Bonchev–Trinajstić information content (AvgIpc) is 3.10. The summed E-state index contributed by atoms with van der Waals surface area (Å²) < 4.78 is 2.03. The molecule has 7 nitrogen and oxygen atoms in total. The lowest BCUT2D eigenvalue weighted by Crippen LogP contribution is -2.30. The first-order chi connectivity index (χ1) is 10.0. The summed E-state index contributed by atoms with van der Waals surface area (Å²) in [6.45, 7) is 5.50. The standard InChI is InChI=1S/C13H18N6OS/c1-8-5-9(2)19(17-8)10-3-4-18(7-10)12(20)6-11-15-16-13(14)21-11/h5,10H,3-4,6-7H2,1-2H3,(H2,14,16)/t10-/m1/s1. The van der Waals surface area contributed by atoms with Crippen LogP contribution in [0.3, 0.4) is 0 Å². The number of carbonyl (C=O) groups is 1. The van der Waals surface area contributed by atoms with Crippen molar-refractivity contribution in [1.82, 2.24) is 24.9 Å². The number of anilines is 1. The molecule has 0 radical (unpaired) electrons. The Balaban J connectivity index is 1.64. The second-order valence-electron chi connectivity index (χ2n) is 5.36. The van der Waals surface area contributed by atoms with E-state index in [1.54, 1.807) is 0 Å². The molecule has 0 aromatic carbocycles. The number of nitrogens with two attached hydrogens (primary N) is 1. The SMILES string of the molecule is Cc1cc(C)n([C@@H]2CCN(C(=O)Cc3nnc(N)s3)C2)n1. The third-order valence-electron chi connectivity index (χ3n) is 3.69. The number of amides is 1. The third-order valence-corrected chi connectivity index (χ3v) is 4.44. The van der Waals surface area contributed by atoms with Gasteiger partial charge in [-0.15, -0.1) is 10.2 Å². The number of hydrogen-bond donors (Lipinski definition) is 1. The quantitative estimate of drug-likeness (QED) is 0.912. The van der Waals surface area contributed by atoms with Crippen LogP contribution in [0.4, 0.5) is 5.13 Å². The van der Waals surface area contributed by atoms with Crippen molar-refractivity contribution in [2.75, 3.05) is 18.8 Å². The maximum atomic E-state index is 12.3. The third kappa shape index (κ3) is 2.90. The molecule has 1 amide bonds. The molecule has 8 heteroatoms. The number of aromatic nitrogens is 4. The molecule has 2 N–H and O–H groups in total. The Bertz CT molecular complexity index is 663. The van der Waals surface area contributed by atoms with Crippen molar-refractivity contribution < 1.29 is 4.79 Å². The zero-order valence-corrected chi connectivity index (χ0v) is 12.9. The van der Waals surface area contributed by atoms with Gasteiger partial charge in [-0.1, -0.05) is 11.3 Å². The van der Waals surface area contributed by atoms with Gasteiger partial charge in [-0.3, -0.25) is 9.48 Å². The molecule has 3 rings (SSSR count). The fraction of sp³-hybridized carbons (Fsp3) is 0.538. The van der Waals surface area contributed by atoms with Crippen LogP contribution in [0.15, 0.2) is 6.07 Å². The van der Waals surface area contributed by atoms with E-state index < -0.39 is 0 Å².